The van der Waals surface area contributed by atoms with E-state index < -0.39 is 0 Å². The average Bonchev–Trinajstić information content (AvgIpc) is 2.83. The second-order valence-corrected chi connectivity index (χ2v) is 5.32. The van der Waals surface area contributed by atoms with Crippen LogP contribution in [-0.4, -0.2) is 14.5 Å². The number of rotatable bonds is 6. The van der Waals surface area contributed by atoms with E-state index in [1.165, 1.54) is 19.3 Å². The van der Waals surface area contributed by atoms with Gasteiger partial charge < -0.3 is 10.3 Å². The number of aryl methyl sites for hydroxylation is 1. The lowest BCUT2D eigenvalue weighted by molar-refractivity contribution is 0.510. The van der Waals surface area contributed by atoms with Crippen molar-refractivity contribution in [2.24, 2.45) is 5.92 Å². The first-order chi connectivity index (χ1) is 9.18. The first-order valence-electron chi connectivity index (χ1n) is 6.88. The van der Waals surface area contributed by atoms with Crippen molar-refractivity contribution in [3.05, 3.63) is 31.0 Å². The monoisotopic (exact) mass is 258 g/mol. The van der Waals surface area contributed by atoms with E-state index in [1.54, 1.807) is 12.4 Å². The highest BCUT2D eigenvalue weighted by Crippen LogP contribution is 2.24. The molecule has 0 spiro atoms. The standard InChI is InChI=1S/C15H22N4/c1-12(2)5-3-4-8-19-11-18-10-15(19)13-9-17-7-6-14(13)16/h6-7,9-12H,3-5,8H2,1-2H3,(H2,16,17). The largest absolute Gasteiger partial charge is 0.398 e. The number of imidazole rings is 1. The quantitative estimate of drug-likeness (QED) is 0.808. The molecule has 0 aliphatic carbocycles. The molecule has 2 N–H and O–H groups in total. The summed E-state index contributed by atoms with van der Waals surface area (Å²) in [5.41, 5.74) is 8.76. The van der Waals surface area contributed by atoms with Gasteiger partial charge in [-0.25, -0.2) is 4.98 Å². The van der Waals surface area contributed by atoms with Crippen molar-refractivity contribution in [2.75, 3.05) is 5.73 Å². The van der Waals surface area contributed by atoms with Gasteiger partial charge in [0.05, 0.1) is 18.2 Å². The minimum Gasteiger partial charge on any atom is -0.398 e. The molecule has 2 aromatic rings. The number of hydrogen-bond acceptors (Lipinski definition) is 3. The number of nitrogen functional groups attached to an aromatic ring is 1. The third kappa shape index (κ3) is 3.56. The first kappa shape index (κ1) is 13.6. The molecule has 0 saturated carbocycles. The van der Waals surface area contributed by atoms with Crippen LogP contribution in [-0.2, 0) is 6.54 Å². The molecule has 0 radical (unpaired) electrons. The first-order valence-corrected chi connectivity index (χ1v) is 6.88. The summed E-state index contributed by atoms with van der Waals surface area (Å²) in [6, 6.07) is 1.82. The summed E-state index contributed by atoms with van der Waals surface area (Å²) in [6.07, 6.45) is 10.9. The number of nitrogens with zero attached hydrogens (tertiary/aromatic N) is 3. The fourth-order valence-electron chi connectivity index (χ4n) is 2.18. The Labute approximate surface area is 114 Å². The molecule has 0 saturated heterocycles. The molecule has 4 heteroatoms. The summed E-state index contributed by atoms with van der Waals surface area (Å²) in [7, 11) is 0. The van der Waals surface area contributed by atoms with Crippen LogP contribution < -0.4 is 5.73 Å². The molecule has 4 nitrogen and oxygen atoms in total. The lowest BCUT2D eigenvalue weighted by atomic mass is 10.1. The molecule has 102 valence electrons. The predicted octanol–water partition coefficient (Wildman–Crippen LogP) is 3.35. The van der Waals surface area contributed by atoms with Gasteiger partial charge in [-0.3, -0.25) is 4.98 Å². The van der Waals surface area contributed by atoms with Crippen molar-refractivity contribution >= 4 is 5.69 Å². The van der Waals surface area contributed by atoms with Gasteiger partial charge in [0.2, 0.25) is 0 Å². The van der Waals surface area contributed by atoms with Crippen molar-refractivity contribution < 1.29 is 0 Å². The minimum absolute atomic E-state index is 0.749. The third-order valence-corrected chi connectivity index (χ3v) is 3.27. The Bertz CT molecular complexity index is 516. The van der Waals surface area contributed by atoms with Crippen LogP contribution in [0.4, 0.5) is 5.69 Å². The molecule has 0 amide bonds. The third-order valence-electron chi connectivity index (χ3n) is 3.27. The Morgan fingerprint density at radius 1 is 1.21 bits per heavy atom. The molecule has 0 fully saturated rings. The smallest absolute Gasteiger partial charge is 0.0950 e. The van der Waals surface area contributed by atoms with Crippen LogP contribution in [0.25, 0.3) is 11.3 Å². The topological polar surface area (TPSA) is 56.7 Å². The highest BCUT2D eigenvalue weighted by atomic mass is 15.0. The van der Waals surface area contributed by atoms with Gasteiger partial charge in [-0.05, 0) is 18.4 Å². The number of pyridine rings is 1. The summed E-state index contributed by atoms with van der Waals surface area (Å²) >= 11 is 0. The summed E-state index contributed by atoms with van der Waals surface area (Å²) in [6.45, 7) is 5.51. The van der Waals surface area contributed by atoms with Gasteiger partial charge in [-0.1, -0.05) is 26.7 Å². The molecule has 0 bridgehead atoms. The van der Waals surface area contributed by atoms with Gasteiger partial charge in [-0.15, -0.1) is 0 Å². The Kier molecular flexibility index (Phi) is 4.55. The SMILES string of the molecule is CC(C)CCCCn1cncc1-c1cnccc1N. The van der Waals surface area contributed by atoms with Gasteiger partial charge in [0.1, 0.15) is 0 Å². The van der Waals surface area contributed by atoms with Crippen LogP contribution in [0.3, 0.4) is 0 Å². The van der Waals surface area contributed by atoms with Crippen LogP contribution >= 0.6 is 0 Å². The number of hydrogen-bond donors (Lipinski definition) is 1. The van der Waals surface area contributed by atoms with Crippen LogP contribution in [0.1, 0.15) is 33.1 Å². The number of unbranched alkanes of at least 4 members (excludes halogenated alkanes) is 1. The van der Waals surface area contributed by atoms with E-state index in [0.717, 1.165) is 29.4 Å². The van der Waals surface area contributed by atoms with E-state index >= 15 is 0 Å². The van der Waals surface area contributed by atoms with Crippen molar-refractivity contribution in [3.63, 3.8) is 0 Å². The van der Waals surface area contributed by atoms with Crippen molar-refractivity contribution in [1.29, 1.82) is 0 Å². The van der Waals surface area contributed by atoms with Crippen LogP contribution in [0.15, 0.2) is 31.0 Å². The highest BCUT2D eigenvalue weighted by molar-refractivity contribution is 5.72. The van der Waals surface area contributed by atoms with Crippen molar-refractivity contribution in [3.8, 4) is 11.3 Å². The second kappa shape index (κ2) is 6.36. The van der Waals surface area contributed by atoms with E-state index in [9.17, 15) is 0 Å². The fraction of sp³-hybridized carbons (Fsp3) is 0.467. The lowest BCUT2D eigenvalue weighted by Crippen LogP contribution is -2.01. The van der Waals surface area contributed by atoms with Crippen molar-refractivity contribution in [2.45, 2.75) is 39.7 Å². The van der Waals surface area contributed by atoms with E-state index in [4.69, 9.17) is 5.73 Å². The molecule has 0 atom stereocenters. The maximum Gasteiger partial charge on any atom is 0.0950 e. The maximum absolute atomic E-state index is 5.99. The summed E-state index contributed by atoms with van der Waals surface area (Å²) in [5, 5.41) is 0. The van der Waals surface area contributed by atoms with Gasteiger partial charge in [0.15, 0.2) is 0 Å². The van der Waals surface area contributed by atoms with E-state index in [1.807, 2.05) is 18.6 Å². The average molecular weight is 258 g/mol. The van der Waals surface area contributed by atoms with Crippen LogP contribution in [0.5, 0.6) is 0 Å². The van der Waals surface area contributed by atoms with E-state index in [2.05, 4.69) is 28.4 Å². The number of aromatic nitrogens is 3. The Morgan fingerprint density at radius 3 is 2.79 bits per heavy atom. The number of nitrogens with two attached hydrogens (primary N) is 1. The zero-order valence-electron chi connectivity index (χ0n) is 11.7. The molecule has 2 heterocycles. The predicted molar refractivity (Wildman–Crippen MR) is 78.6 cm³/mol. The zero-order chi connectivity index (χ0) is 13.7. The lowest BCUT2D eigenvalue weighted by Gasteiger charge is -2.10. The van der Waals surface area contributed by atoms with Crippen LogP contribution in [0.2, 0.25) is 0 Å². The molecule has 0 unspecified atom stereocenters. The van der Waals surface area contributed by atoms with Crippen LogP contribution in [0, 0.1) is 5.92 Å². The fourth-order valence-corrected chi connectivity index (χ4v) is 2.18. The van der Waals surface area contributed by atoms with Gasteiger partial charge in [0, 0.05) is 30.2 Å². The molecule has 0 aromatic carbocycles. The second-order valence-electron chi connectivity index (χ2n) is 5.32. The normalized spacial score (nSPS) is 11.1. The van der Waals surface area contributed by atoms with E-state index in [-0.39, 0.29) is 0 Å². The van der Waals surface area contributed by atoms with Gasteiger partial charge in [-0.2, -0.15) is 0 Å². The molecule has 2 aromatic heterocycles. The molecule has 2 rings (SSSR count). The Morgan fingerprint density at radius 2 is 2.05 bits per heavy atom. The molecular formula is C15H22N4. The molecule has 0 aliphatic rings. The summed E-state index contributed by atoms with van der Waals surface area (Å²) < 4.78 is 2.16. The number of anilines is 1. The van der Waals surface area contributed by atoms with E-state index in [0.29, 0.717) is 0 Å². The maximum atomic E-state index is 5.99. The zero-order valence-corrected chi connectivity index (χ0v) is 11.7. The Balaban J connectivity index is 2.04. The molecule has 19 heavy (non-hydrogen) atoms. The van der Waals surface area contributed by atoms with Crippen molar-refractivity contribution in [1.82, 2.24) is 14.5 Å². The highest BCUT2D eigenvalue weighted by Gasteiger charge is 2.08. The van der Waals surface area contributed by atoms with Gasteiger partial charge >= 0.3 is 0 Å². The summed E-state index contributed by atoms with van der Waals surface area (Å²) in [5.74, 6) is 0.774. The molecule has 0 aliphatic heterocycles. The molecular weight excluding hydrogens is 236 g/mol. The van der Waals surface area contributed by atoms with Gasteiger partial charge in [0.25, 0.3) is 0 Å². The summed E-state index contributed by atoms with van der Waals surface area (Å²) in [4.78, 5) is 8.37. The minimum atomic E-state index is 0.749. The Hall–Kier alpha value is -1.84.